The molecule has 0 atom stereocenters. The molecule has 2 aromatic carbocycles. The fraction of sp³-hybridized carbons (Fsp3) is 0.105. The first-order valence-corrected chi connectivity index (χ1v) is 8.94. The topological polar surface area (TPSA) is 56.1 Å². The molecule has 0 saturated heterocycles. The van der Waals surface area contributed by atoms with Crippen molar-refractivity contribution in [2.45, 2.75) is 18.7 Å². The summed E-state index contributed by atoms with van der Waals surface area (Å²) in [6, 6.07) is 17.5. The second-order valence-electron chi connectivity index (χ2n) is 5.64. The summed E-state index contributed by atoms with van der Waals surface area (Å²) in [6.07, 6.45) is 0.685. The Bertz CT molecular complexity index is 1000. The van der Waals surface area contributed by atoms with Crippen LogP contribution in [-0.4, -0.2) is 18.7 Å². The summed E-state index contributed by atoms with van der Waals surface area (Å²) < 4.78 is 27.6. The molecule has 0 aliphatic rings. The number of aromatic nitrogens is 1. The van der Waals surface area contributed by atoms with Gasteiger partial charge in [-0.15, -0.1) is 0 Å². The van der Waals surface area contributed by atoms with Crippen LogP contribution in [0.25, 0.3) is 11.3 Å². The molecule has 0 amide bonds. The van der Waals surface area contributed by atoms with E-state index in [4.69, 9.17) is 0 Å². The van der Waals surface area contributed by atoms with Crippen molar-refractivity contribution in [1.82, 2.24) is 3.97 Å². The zero-order valence-corrected chi connectivity index (χ0v) is 14.2. The number of aryl methyl sites for hydroxylation is 1. The van der Waals surface area contributed by atoms with Crippen LogP contribution >= 0.6 is 0 Å². The molecule has 0 aliphatic heterocycles. The Kier molecular flexibility index (Phi) is 4.11. The van der Waals surface area contributed by atoms with E-state index in [2.05, 4.69) is 0 Å². The van der Waals surface area contributed by atoms with Crippen LogP contribution in [-0.2, 0) is 10.0 Å². The first-order valence-electron chi connectivity index (χ1n) is 7.50. The smallest absolute Gasteiger partial charge is 0.268 e. The second-order valence-corrected chi connectivity index (χ2v) is 7.43. The minimum absolute atomic E-state index is 0.204. The van der Waals surface area contributed by atoms with Gasteiger partial charge in [0.1, 0.15) is 0 Å². The number of carbonyl (C=O) groups is 1. The first-order chi connectivity index (χ1) is 11.4. The average molecular weight is 339 g/mol. The van der Waals surface area contributed by atoms with Gasteiger partial charge in [0.2, 0.25) is 0 Å². The molecule has 4 nitrogen and oxygen atoms in total. The highest BCUT2D eigenvalue weighted by molar-refractivity contribution is 7.90. The number of hydrogen-bond acceptors (Lipinski definition) is 3. The van der Waals surface area contributed by atoms with Gasteiger partial charge >= 0.3 is 0 Å². The highest BCUT2D eigenvalue weighted by Crippen LogP contribution is 2.29. The van der Waals surface area contributed by atoms with E-state index in [1.165, 1.54) is 3.97 Å². The van der Waals surface area contributed by atoms with Gasteiger partial charge in [0.15, 0.2) is 6.29 Å². The minimum atomic E-state index is -3.80. The molecule has 0 radical (unpaired) electrons. The Hall–Kier alpha value is -2.66. The number of carbonyl (C=O) groups excluding carboxylic acids is 1. The third kappa shape index (κ3) is 2.67. The number of benzene rings is 2. The van der Waals surface area contributed by atoms with Crippen LogP contribution < -0.4 is 0 Å². The third-order valence-corrected chi connectivity index (χ3v) is 5.76. The highest BCUT2D eigenvalue weighted by atomic mass is 32.2. The third-order valence-electron chi connectivity index (χ3n) is 3.96. The predicted octanol–water partition coefficient (Wildman–Crippen LogP) is 3.82. The zero-order valence-electron chi connectivity index (χ0n) is 13.4. The summed E-state index contributed by atoms with van der Waals surface area (Å²) in [5.74, 6) is 0. The largest absolute Gasteiger partial charge is 0.298 e. The van der Waals surface area contributed by atoms with Gasteiger partial charge in [-0.2, -0.15) is 0 Å². The Morgan fingerprint density at radius 3 is 2.25 bits per heavy atom. The predicted molar refractivity (Wildman–Crippen MR) is 93.8 cm³/mol. The molecule has 0 spiro atoms. The van der Waals surface area contributed by atoms with E-state index in [0.29, 0.717) is 23.2 Å². The second kappa shape index (κ2) is 6.09. The Morgan fingerprint density at radius 1 is 0.917 bits per heavy atom. The van der Waals surface area contributed by atoms with Crippen LogP contribution in [0.1, 0.15) is 21.6 Å². The molecule has 5 heteroatoms. The molecule has 1 heterocycles. The van der Waals surface area contributed by atoms with E-state index in [0.717, 1.165) is 11.1 Å². The summed E-state index contributed by atoms with van der Waals surface area (Å²) >= 11 is 0. The molecule has 0 bridgehead atoms. The van der Waals surface area contributed by atoms with Crippen LogP contribution in [0.4, 0.5) is 0 Å². The SMILES string of the molecule is Cc1cccc(S(=O)(=O)n2c(-c3ccccc3)cc(C=O)c2C)c1. The molecule has 0 fully saturated rings. The minimum Gasteiger partial charge on any atom is -0.298 e. The lowest BCUT2D eigenvalue weighted by Crippen LogP contribution is -2.16. The average Bonchev–Trinajstić information content (AvgIpc) is 2.93. The summed E-state index contributed by atoms with van der Waals surface area (Å²) in [5.41, 5.74) is 2.86. The fourth-order valence-electron chi connectivity index (χ4n) is 2.73. The molecule has 122 valence electrons. The molecular formula is C19H17NO3S. The summed E-state index contributed by atoms with van der Waals surface area (Å²) in [4.78, 5) is 11.5. The maximum atomic E-state index is 13.2. The number of aldehydes is 1. The van der Waals surface area contributed by atoms with Crippen molar-refractivity contribution in [2.24, 2.45) is 0 Å². The van der Waals surface area contributed by atoms with Gasteiger partial charge in [-0.1, -0.05) is 42.5 Å². The normalized spacial score (nSPS) is 11.4. The molecule has 3 aromatic rings. The summed E-state index contributed by atoms with van der Waals surface area (Å²) in [6.45, 7) is 3.49. The van der Waals surface area contributed by atoms with E-state index in [9.17, 15) is 13.2 Å². The molecule has 0 N–H and O–H groups in total. The lowest BCUT2D eigenvalue weighted by molar-refractivity contribution is 0.112. The van der Waals surface area contributed by atoms with Gasteiger partial charge in [0, 0.05) is 11.3 Å². The number of rotatable bonds is 4. The lowest BCUT2D eigenvalue weighted by Gasteiger charge is -2.13. The van der Waals surface area contributed by atoms with E-state index in [-0.39, 0.29) is 4.90 Å². The van der Waals surface area contributed by atoms with Crippen molar-refractivity contribution in [3.05, 3.63) is 77.5 Å². The van der Waals surface area contributed by atoms with E-state index in [1.807, 2.05) is 43.3 Å². The quantitative estimate of drug-likeness (QED) is 0.679. The standard InChI is InChI=1S/C19H17NO3S/c1-14-7-6-10-18(11-14)24(22,23)20-15(2)17(13-21)12-19(20)16-8-4-3-5-9-16/h3-13H,1-2H3. The van der Waals surface area contributed by atoms with Crippen LogP contribution in [0.5, 0.6) is 0 Å². The van der Waals surface area contributed by atoms with Gasteiger partial charge < -0.3 is 0 Å². The number of nitrogens with zero attached hydrogens (tertiary/aromatic N) is 1. The van der Waals surface area contributed by atoms with E-state index < -0.39 is 10.0 Å². The molecule has 0 aliphatic carbocycles. The fourth-order valence-corrected chi connectivity index (χ4v) is 4.41. The molecule has 24 heavy (non-hydrogen) atoms. The van der Waals surface area contributed by atoms with Crippen molar-refractivity contribution in [3.8, 4) is 11.3 Å². The molecule has 1 aromatic heterocycles. The van der Waals surface area contributed by atoms with E-state index in [1.54, 1.807) is 31.2 Å². The van der Waals surface area contributed by atoms with Gasteiger partial charge in [-0.25, -0.2) is 12.4 Å². The Labute approximate surface area is 141 Å². The first kappa shape index (κ1) is 16.2. The maximum absolute atomic E-state index is 13.2. The molecule has 0 unspecified atom stereocenters. The maximum Gasteiger partial charge on any atom is 0.268 e. The zero-order chi connectivity index (χ0) is 17.3. The van der Waals surface area contributed by atoms with Crippen molar-refractivity contribution < 1.29 is 13.2 Å². The van der Waals surface area contributed by atoms with Crippen LogP contribution in [0.3, 0.4) is 0 Å². The van der Waals surface area contributed by atoms with Crippen molar-refractivity contribution in [2.75, 3.05) is 0 Å². The van der Waals surface area contributed by atoms with Crippen LogP contribution in [0.2, 0.25) is 0 Å². The summed E-state index contributed by atoms with van der Waals surface area (Å²) in [5, 5.41) is 0. The summed E-state index contributed by atoms with van der Waals surface area (Å²) in [7, 11) is -3.80. The molecular weight excluding hydrogens is 322 g/mol. The van der Waals surface area contributed by atoms with Gasteiger partial charge in [0.05, 0.1) is 10.6 Å². The highest BCUT2D eigenvalue weighted by Gasteiger charge is 2.25. The molecule has 3 rings (SSSR count). The van der Waals surface area contributed by atoms with Gasteiger partial charge in [-0.3, -0.25) is 4.79 Å². The Morgan fingerprint density at radius 2 is 1.62 bits per heavy atom. The van der Waals surface area contributed by atoms with Crippen molar-refractivity contribution in [1.29, 1.82) is 0 Å². The monoisotopic (exact) mass is 339 g/mol. The van der Waals surface area contributed by atoms with E-state index >= 15 is 0 Å². The van der Waals surface area contributed by atoms with Gasteiger partial charge in [0.25, 0.3) is 10.0 Å². The van der Waals surface area contributed by atoms with Gasteiger partial charge in [-0.05, 0) is 43.2 Å². The van der Waals surface area contributed by atoms with Crippen LogP contribution in [0, 0.1) is 13.8 Å². The number of hydrogen-bond donors (Lipinski definition) is 0. The van der Waals surface area contributed by atoms with Crippen molar-refractivity contribution >= 4 is 16.3 Å². The molecule has 0 saturated carbocycles. The van der Waals surface area contributed by atoms with Crippen molar-refractivity contribution in [3.63, 3.8) is 0 Å². The lowest BCUT2D eigenvalue weighted by atomic mass is 10.1. The Balaban J connectivity index is 2.31. The van der Waals surface area contributed by atoms with Crippen LogP contribution in [0.15, 0.2) is 65.6 Å².